The Hall–Kier alpha value is 0.140. The minimum Gasteiger partial charge on any atom is -0.309 e. The Labute approximate surface area is 116 Å². The van der Waals surface area contributed by atoms with Crippen molar-refractivity contribution in [2.75, 3.05) is 6.54 Å². The first-order chi connectivity index (χ1) is 8.33. The molecule has 0 aromatic carbocycles. The zero-order valence-electron chi connectivity index (χ0n) is 10.3. The van der Waals surface area contributed by atoms with Gasteiger partial charge in [0.25, 0.3) is 0 Å². The van der Waals surface area contributed by atoms with Crippen molar-refractivity contribution in [1.29, 1.82) is 0 Å². The molecule has 17 heavy (non-hydrogen) atoms. The lowest BCUT2D eigenvalue weighted by atomic mass is 10.0. The van der Waals surface area contributed by atoms with Gasteiger partial charge in [-0.3, -0.25) is 0 Å². The topological polar surface area (TPSA) is 12.0 Å². The van der Waals surface area contributed by atoms with Crippen LogP contribution in [-0.2, 0) is 0 Å². The monoisotopic (exact) mass is 313 g/mol. The third-order valence-electron chi connectivity index (χ3n) is 4.40. The zero-order valence-corrected chi connectivity index (χ0v) is 12.7. The Morgan fingerprint density at radius 2 is 2.24 bits per heavy atom. The predicted octanol–water partition coefficient (Wildman–Crippen LogP) is 4.60. The third kappa shape index (κ3) is 2.22. The van der Waals surface area contributed by atoms with Crippen LogP contribution in [0.5, 0.6) is 0 Å². The summed E-state index contributed by atoms with van der Waals surface area (Å²) in [6.45, 7) is 3.40. The van der Waals surface area contributed by atoms with E-state index in [1.807, 2.05) is 11.3 Å². The first kappa shape index (κ1) is 12.2. The van der Waals surface area contributed by atoms with Crippen LogP contribution in [0.4, 0.5) is 0 Å². The van der Waals surface area contributed by atoms with Gasteiger partial charge in [-0.1, -0.05) is 13.3 Å². The van der Waals surface area contributed by atoms with Gasteiger partial charge in [-0.05, 0) is 70.9 Å². The Bertz CT molecular complexity index is 379. The predicted molar refractivity (Wildman–Crippen MR) is 77.4 cm³/mol. The van der Waals surface area contributed by atoms with Crippen molar-refractivity contribution < 1.29 is 0 Å². The van der Waals surface area contributed by atoms with Crippen molar-refractivity contribution in [1.82, 2.24) is 5.32 Å². The summed E-state index contributed by atoms with van der Waals surface area (Å²) in [5, 5.41) is 5.99. The molecule has 2 aliphatic carbocycles. The molecule has 3 atom stereocenters. The molecular weight excluding hydrogens is 294 g/mol. The van der Waals surface area contributed by atoms with E-state index in [-0.39, 0.29) is 0 Å². The van der Waals surface area contributed by atoms with Crippen LogP contribution in [0.25, 0.3) is 0 Å². The van der Waals surface area contributed by atoms with Crippen LogP contribution in [-0.4, -0.2) is 6.54 Å². The van der Waals surface area contributed by atoms with E-state index in [0.29, 0.717) is 6.04 Å². The second kappa shape index (κ2) is 5.02. The van der Waals surface area contributed by atoms with Crippen molar-refractivity contribution in [3.05, 3.63) is 20.8 Å². The molecule has 0 radical (unpaired) electrons. The third-order valence-corrected chi connectivity index (χ3v) is 6.35. The molecular formula is C14H20BrNS. The lowest BCUT2D eigenvalue weighted by Gasteiger charge is -2.20. The van der Waals surface area contributed by atoms with Crippen molar-refractivity contribution in [2.24, 2.45) is 17.8 Å². The Morgan fingerprint density at radius 1 is 1.47 bits per heavy atom. The Morgan fingerprint density at radius 3 is 2.82 bits per heavy atom. The van der Waals surface area contributed by atoms with Crippen LogP contribution >= 0.6 is 27.3 Å². The summed E-state index contributed by atoms with van der Waals surface area (Å²) in [7, 11) is 0. The molecule has 1 heterocycles. The molecule has 0 spiro atoms. The molecule has 1 nitrogen and oxygen atoms in total. The molecule has 3 heteroatoms. The minimum absolute atomic E-state index is 0.611. The van der Waals surface area contributed by atoms with Gasteiger partial charge >= 0.3 is 0 Å². The maximum atomic E-state index is 3.78. The maximum Gasteiger partial charge on any atom is 0.0460 e. The van der Waals surface area contributed by atoms with Crippen molar-refractivity contribution in [3.8, 4) is 0 Å². The van der Waals surface area contributed by atoms with Gasteiger partial charge in [-0.25, -0.2) is 0 Å². The molecule has 3 unspecified atom stereocenters. The summed E-state index contributed by atoms with van der Waals surface area (Å²) >= 11 is 5.61. The summed E-state index contributed by atoms with van der Waals surface area (Å²) < 4.78 is 1.31. The van der Waals surface area contributed by atoms with Gasteiger partial charge in [0.15, 0.2) is 0 Å². The number of halogens is 1. The number of nitrogens with one attached hydrogen (secondary N) is 1. The summed E-state index contributed by atoms with van der Waals surface area (Å²) in [6, 6.07) is 2.80. The summed E-state index contributed by atoms with van der Waals surface area (Å²) in [5.41, 5.74) is 0. The molecule has 2 fully saturated rings. The molecule has 1 aromatic heterocycles. The van der Waals surface area contributed by atoms with Gasteiger partial charge < -0.3 is 5.32 Å². The summed E-state index contributed by atoms with van der Waals surface area (Å²) in [5.74, 6) is 2.97. The standard InChI is InChI=1S/C14H20BrNS/c1-2-7-16-13(14-11(15)6-8-17-14)12-9-4-3-5-10(9)12/h6,8-10,12-13,16H,2-5,7H2,1H3. The second-order valence-electron chi connectivity index (χ2n) is 5.40. The van der Waals surface area contributed by atoms with E-state index in [0.717, 1.165) is 24.3 Å². The van der Waals surface area contributed by atoms with Crippen molar-refractivity contribution >= 4 is 27.3 Å². The molecule has 0 aliphatic heterocycles. The highest BCUT2D eigenvalue weighted by Gasteiger charge is 2.56. The van der Waals surface area contributed by atoms with Crippen LogP contribution in [0, 0.1) is 17.8 Å². The maximum absolute atomic E-state index is 3.78. The van der Waals surface area contributed by atoms with Gasteiger partial charge in [-0.15, -0.1) is 11.3 Å². The van der Waals surface area contributed by atoms with E-state index in [1.54, 1.807) is 0 Å². The van der Waals surface area contributed by atoms with Gasteiger partial charge in [0.2, 0.25) is 0 Å². The molecule has 2 aliphatic rings. The first-order valence-corrected chi connectivity index (χ1v) is 8.46. The van der Waals surface area contributed by atoms with Gasteiger partial charge in [0, 0.05) is 15.4 Å². The van der Waals surface area contributed by atoms with Crippen LogP contribution in [0.1, 0.15) is 43.5 Å². The van der Waals surface area contributed by atoms with Gasteiger partial charge in [0.1, 0.15) is 0 Å². The molecule has 1 N–H and O–H groups in total. The molecule has 3 rings (SSSR count). The minimum atomic E-state index is 0.611. The molecule has 94 valence electrons. The van der Waals surface area contributed by atoms with E-state index in [1.165, 1.54) is 35.0 Å². The first-order valence-electron chi connectivity index (χ1n) is 6.79. The lowest BCUT2D eigenvalue weighted by molar-refractivity contribution is 0.422. The van der Waals surface area contributed by atoms with E-state index >= 15 is 0 Å². The van der Waals surface area contributed by atoms with Crippen LogP contribution in [0.2, 0.25) is 0 Å². The lowest BCUT2D eigenvalue weighted by Crippen LogP contribution is -2.25. The molecule has 0 bridgehead atoms. The Balaban J connectivity index is 1.76. The summed E-state index contributed by atoms with van der Waals surface area (Å²) in [6.07, 6.45) is 5.64. The normalized spacial score (nSPS) is 32.5. The highest BCUT2D eigenvalue weighted by atomic mass is 79.9. The van der Waals surface area contributed by atoms with E-state index in [2.05, 4.69) is 39.6 Å². The number of thiophene rings is 1. The molecule has 1 aromatic rings. The fraction of sp³-hybridized carbons (Fsp3) is 0.714. The zero-order chi connectivity index (χ0) is 11.8. The van der Waals surface area contributed by atoms with Crippen LogP contribution < -0.4 is 5.32 Å². The molecule has 2 saturated carbocycles. The quantitative estimate of drug-likeness (QED) is 0.838. The van der Waals surface area contributed by atoms with Crippen molar-refractivity contribution in [2.45, 2.75) is 38.6 Å². The molecule has 0 amide bonds. The van der Waals surface area contributed by atoms with Crippen molar-refractivity contribution in [3.63, 3.8) is 0 Å². The molecule has 0 saturated heterocycles. The van der Waals surface area contributed by atoms with E-state index < -0.39 is 0 Å². The summed E-state index contributed by atoms with van der Waals surface area (Å²) in [4.78, 5) is 1.53. The number of hydrogen-bond donors (Lipinski definition) is 1. The average Bonchev–Trinajstić information content (AvgIpc) is 2.71. The average molecular weight is 314 g/mol. The highest BCUT2D eigenvalue weighted by molar-refractivity contribution is 9.10. The largest absolute Gasteiger partial charge is 0.309 e. The number of hydrogen-bond acceptors (Lipinski definition) is 2. The number of rotatable bonds is 5. The smallest absolute Gasteiger partial charge is 0.0460 e. The second-order valence-corrected chi connectivity index (χ2v) is 7.20. The fourth-order valence-electron chi connectivity index (χ4n) is 3.60. The van der Waals surface area contributed by atoms with E-state index in [9.17, 15) is 0 Å². The highest BCUT2D eigenvalue weighted by Crippen LogP contribution is 2.62. The van der Waals surface area contributed by atoms with Crippen LogP contribution in [0.3, 0.4) is 0 Å². The fourth-order valence-corrected chi connectivity index (χ4v) is 5.35. The van der Waals surface area contributed by atoms with Gasteiger partial charge in [-0.2, -0.15) is 0 Å². The SMILES string of the molecule is CCCNC(c1sccc1Br)C1C2CCCC21. The number of fused-ring (bicyclic) bond motifs is 1. The van der Waals surface area contributed by atoms with Crippen LogP contribution in [0.15, 0.2) is 15.9 Å². The van der Waals surface area contributed by atoms with Gasteiger partial charge in [0.05, 0.1) is 0 Å². The van der Waals surface area contributed by atoms with E-state index in [4.69, 9.17) is 0 Å². The Kier molecular flexibility index (Phi) is 3.60.